The van der Waals surface area contributed by atoms with Gasteiger partial charge in [0.05, 0.1) is 22.7 Å². The SMILES string of the molecule is Cc1cnc(N=C=S)c(C)n1. The standard InChI is InChI=1S/C7H7N3S/c1-5-3-8-7(9-4-11)6(2)10-5/h3H,1-2H3. The number of thiocarbonyl (C=S) groups is 1. The van der Waals surface area contributed by atoms with Gasteiger partial charge in [0.15, 0.2) is 5.82 Å². The van der Waals surface area contributed by atoms with Crippen molar-refractivity contribution >= 4 is 23.2 Å². The summed E-state index contributed by atoms with van der Waals surface area (Å²) in [6.45, 7) is 3.72. The highest BCUT2D eigenvalue weighted by Gasteiger charge is 1.97. The molecule has 0 aromatic carbocycles. The fourth-order valence-corrected chi connectivity index (χ4v) is 0.831. The smallest absolute Gasteiger partial charge is 0.183 e. The van der Waals surface area contributed by atoms with Gasteiger partial charge in [-0.1, -0.05) is 0 Å². The lowest BCUT2D eigenvalue weighted by Gasteiger charge is -1.96. The van der Waals surface area contributed by atoms with E-state index in [1.54, 1.807) is 6.20 Å². The molecule has 0 fully saturated rings. The number of hydrogen-bond acceptors (Lipinski definition) is 4. The van der Waals surface area contributed by atoms with Crippen LogP contribution in [0.15, 0.2) is 11.2 Å². The molecular formula is C7H7N3S. The number of aromatic nitrogens is 2. The third-order valence-electron chi connectivity index (χ3n) is 1.19. The predicted octanol–water partition coefficient (Wildman–Crippen LogP) is 1.83. The summed E-state index contributed by atoms with van der Waals surface area (Å²) >= 11 is 4.44. The lowest BCUT2D eigenvalue weighted by Crippen LogP contribution is -1.88. The van der Waals surface area contributed by atoms with Crippen LogP contribution in [0.25, 0.3) is 0 Å². The summed E-state index contributed by atoms with van der Waals surface area (Å²) in [5.74, 6) is 0.547. The van der Waals surface area contributed by atoms with Crippen LogP contribution in [0.4, 0.5) is 5.82 Å². The quantitative estimate of drug-likeness (QED) is 0.470. The van der Waals surface area contributed by atoms with Crippen molar-refractivity contribution in [1.29, 1.82) is 0 Å². The Kier molecular flexibility index (Phi) is 2.41. The summed E-state index contributed by atoms with van der Waals surface area (Å²) in [5.41, 5.74) is 1.66. The molecule has 3 nitrogen and oxygen atoms in total. The van der Waals surface area contributed by atoms with E-state index in [-0.39, 0.29) is 0 Å². The second-order valence-electron chi connectivity index (χ2n) is 2.12. The molecule has 0 amide bonds. The first-order valence-electron chi connectivity index (χ1n) is 3.12. The van der Waals surface area contributed by atoms with Gasteiger partial charge in [-0.05, 0) is 26.1 Å². The van der Waals surface area contributed by atoms with Crippen molar-refractivity contribution in [2.45, 2.75) is 13.8 Å². The van der Waals surface area contributed by atoms with Gasteiger partial charge in [0.2, 0.25) is 0 Å². The summed E-state index contributed by atoms with van der Waals surface area (Å²) in [5, 5.41) is 2.25. The van der Waals surface area contributed by atoms with Gasteiger partial charge in [0.1, 0.15) is 0 Å². The Morgan fingerprint density at radius 2 is 2.27 bits per heavy atom. The monoisotopic (exact) mass is 165 g/mol. The van der Waals surface area contributed by atoms with Gasteiger partial charge in [0, 0.05) is 0 Å². The van der Waals surface area contributed by atoms with Gasteiger partial charge < -0.3 is 0 Å². The number of aliphatic imine (C=N–C) groups is 1. The lowest BCUT2D eigenvalue weighted by molar-refractivity contribution is 1.05. The van der Waals surface area contributed by atoms with Crippen LogP contribution in [-0.2, 0) is 0 Å². The summed E-state index contributed by atoms with van der Waals surface area (Å²) in [4.78, 5) is 11.9. The molecule has 0 spiro atoms. The number of rotatable bonds is 1. The Morgan fingerprint density at radius 1 is 1.55 bits per heavy atom. The molecule has 56 valence electrons. The molecule has 0 atom stereocenters. The highest BCUT2D eigenvalue weighted by Crippen LogP contribution is 2.10. The molecule has 0 radical (unpaired) electrons. The van der Waals surface area contributed by atoms with Gasteiger partial charge in [0.25, 0.3) is 0 Å². The Bertz CT molecular complexity index is 315. The minimum atomic E-state index is 0.547. The van der Waals surface area contributed by atoms with E-state index in [4.69, 9.17) is 0 Å². The van der Waals surface area contributed by atoms with Crippen LogP contribution in [-0.4, -0.2) is 15.1 Å². The highest BCUT2D eigenvalue weighted by atomic mass is 32.1. The van der Waals surface area contributed by atoms with Crippen molar-refractivity contribution in [3.05, 3.63) is 17.6 Å². The largest absolute Gasteiger partial charge is 0.253 e. The van der Waals surface area contributed by atoms with Crippen molar-refractivity contribution < 1.29 is 0 Å². The zero-order valence-corrected chi connectivity index (χ0v) is 7.14. The lowest BCUT2D eigenvalue weighted by atomic mass is 10.4. The van der Waals surface area contributed by atoms with Gasteiger partial charge >= 0.3 is 0 Å². The summed E-state index contributed by atoms with van der Waals surface area (Å²) < 4.78 is 0. The van der Waals surface area contributed by atoms with E-state index in [2.05, 4.69) is 32.3 Å². The molecule has 0 saturated heterocycles. The Hall–Kier alpha value is -1.12. The average molecular weight is 165 g/mol. The maximum Gasteiger partial charge on any atom is 0.183 e. The van der Waals surface area contributed by atoms with Crippen LogP contribution in [0.3, 0.4) is 0 Å². The van der Waals surface area contributed by atoms with Crippen LogP contribution < -0.4 is 0 Å². The van der Waals surface area contributed by atoms with Gasteiger partial charge in [-0.15, -0.1) is 0 Å². The average Bonchev–Trinajstić information content (AvgIpc) is 1.95. The van der Waals surface area contributed by atoms with Crippen molar-refractivity contribution in [1.82, 2.24) is 9.97 Å². The first kappa shape index (κ1) is 7.98. The molecule has 1 aromatic heterocycles. The van der Waals surface area contributed by atoms with Crippen molar-refractivity contribution in [2.75, 3.05) is 0 Å². The number of aryl methyl sites for hydroxylation is 2. The summed E-state index contributed by atoms with van der Waals surface area (Å²) in [7, 11) is 0. The van der Waals surface area contributed by atoms with Crippen LogP contribution >= 0.6 is 12.2 Å². The van der Waals surface area contributed by atoms with E-state index >= 15 is 0 Å². The van der Waals surface area contributed by atoms with Crippen LogP contribution in [0.2, 0.25) is 0 Å². The molecule has 4 heteroatoms. The molecular weight excluding hydrogens is 158 g/mol. The molecule has 1 rings (SSSR count). The van der Waals surface area contributed by atoms with E-state index in [1.165, 1.54) is 0 Å². The topological polar surface area (TPSA) is 38.1 Å². The highest BCUT2D eigenvalue weighted by molar-refractivity contribution is 7.78. The summed E-state index contributed by atoms with van der Waals surface area (Å²) in [6, 6.07) is 0. The van der Waals surface area contributed by atoms with E-state index in [9.17, 15) is 0 Å². The zero-order chi connectivity index (χ0) is 8.27. The minimum Gasteiger partial charge on any atom is -0.253 e. The van der Waals surface area contributed by atoms with Crippen LogP contribution in [0, 0.1) is 13.8 Å². The Labute approximate surface area is 70.2 Å². The Balaban J connectivity index is 3.19. The van der Waals surface area contributed by atoms with Gasteiger partial charge in [-0.3, -0.25) is 4.98 Å². The molecule has 0 unspecified atom stereocenters. The van der Waals surface area contributed by atoms with Gasteiger partial charge in [-0.2, -0.15) is 4.99 Å². The third-order valence-corrected chi connectivity index (χ3v) is 1.28. The second-order valence-corrected chi connectivity index (χ2v) is 2.31. The zero-order valence-electron chi connectivity index (χ0n) is 6.33. The van der Waals surface area contributed by atoms with E-state index in [0.717, 1.165) is 11.4 Å². The molecule has 11 heavy (non-hydrogen) atoms. The first-order valence-corrected chi connectivity index (χ1v) is 3.53. The fraction of sp³-hybridized carbons (Fsp3) is 0.286. The normalized spacial score (nSPS) is 8.91. The maximum absolute atomic E-state index is 4.44. The molecule has 1 heterocycles. The third kappa shape index (κ3) is 1.90. The van der Waals surface area contributed by atoms with Crippen molar-refractivity contribution in [3.63, 3.8) is 0 Å². The van der Waals surface area contributed by atoms with Crippen LogP contribution in [0.1, 0.15) is 11.4 Å². The number of nitrogens with zero attached hydrogens (tertiary/aromatic N) is 3. The predicted molar refractivity (Wildman–Crippen MR) is 46.2 cm³/mol. The molecule has 0 aliphatic rings. The van der Waals surface area contributed by atoms with E-state index < -0.39 is 0 Å². The van der Waals surface area contributed by atoms with E-state index in [0.29, 0.717) is 5.82 Å². The molecule has 0 bridgehead atoms. The molecule has 1 aromatic rings. The first-order chi connectivity index (χ1) is 5.24. The minimum absolute atomic E-state index is 0.547. The van der Waals surface area contributed by atoms with Crippen molar-refractivity contribution in [2.24, 2.45) is 4.99 Å². The van der Waals surface area contributed by atoms with Gasteiger partial charge in [-0.25, -0.2) is 4.98 Å². The van der Waals surface area contributed by atoms with Crippen molar-refractivity contribution in [3.8, 4) is 0 Å². The molecule has 0 aliphatic carbocycles. The number of isothiocyanates is 1. The fourth-order valence-electron chi connectivity index (χ4n) is 0.744. The van der Waals surface area contributed by atoms with E-state index in [1.807, 2.05) is 13.8 Å². The molecule has 0 saturated carbocycles. The van der Waals surface area contributed by atoms with Crippen LogP contribution in [0.5, 0.6) is 0 Å². The maximum atomic E-state index is 4.44. The molecule has 0 N–H and O–H groups in total. The number of hydrogen-bond donors (Lipinski definition) is 0. The molecule has 0 aliphatic heterocycles. The second kappa shape index (κ2) is 3.32. The Morgan fingerprint density at radius 3 is 2.82 bits per heavy atom. The summed E-state index contributed by atoms with van der Waals surface area (Å²) in [6.07, 6.45) is 1.65.